The van der Waals surface area contributed by atoms with Crippen molar-refractivity contribution in [3.8, 4) is 0 Å². The summed E-state index contributed by atoms with van der Waals surface area (Å²) < 4.78 is 5.35. The minimum Gasteiger partial charge on any atom is -0.444 e. The van der Waals surface area contributed by atoms with Crippen LogP contribution in [-0.2, 0) is 14.3 Å². The van der Waals surface area contributed by atoms with Gasteiger partial charge < -0.3 is 20.3 Å². The van der Waals surface area contributed by atoms with E-state index >= 15 is 0 Å². The van der Waals surface area contributed by atoms with Crippen molar-refractivity contribution in [2.75, 3.05) is 18.4 Å². The minimum absolute atomic E-state index is 0.268. The average molecular weight is 574 g/mol. The van der Waals surface area contributed by atoms with Gasteiger partial charge in [0.25, 0.3) is 5.91 Å². The van der Waals surface area contributed by atoms with E-state index in [2.05, 4.69) is 17.6 Å². The molecule has 1 unspecified atom stereocenters. The van der Waals surface area contributed by atoms with Gasteiger partial charge in [-0.3, -0.25) is 9.59 Å². The molecule has 0 aliphatic heterocycles. The van der Waals surface area contributed by atoms with Gasteiger partial charge in [0.2, 0.25) is 5.91 Å². The summed E-state index contributed by atoms with van der Waals surface area (Å²) in [5.74, 6) is -0.635. The van der Waals surface area contributed by atoms with E-state index in [0.717, 1.165) is 59.6 Å². The monoisotopic (exact) mass is 573 g/mol. The number of carbonyl (C=O) groups excluding carboxylic acids is 3. The minimum atomic E-state index is -0.875. The third kappa shape index (κ3) is 9.61. The van der Waals surface area contributed by atoms with Gasteiger partial charge in [0.1, 0.15) is 18.2 Å². The van der Waals surface area contributed by atoms with E-state index in [4.69, 9.17) is 4.74 Å². The van der Waals surface area contributed by atoms with Crippen LogP contribution in [0.15, 0.2) is 60.7 Å². The molecule has 0 heterocycles. The molecule has 0 radical (unpaired) electrons. The van der Waals surface area contributed by atoms with Crippen LogP contribution in [0.2, 0.25) is 0 Å². The third-order valence-electron chi connectivity index (χ3n) is 7.37. The van der Waals surface area contributed by atoms with Crippen molar-refractivity contribution < 1.29 is 19.1 Å². The molecule has 0 bridgehead atoms. The van der Waals surface area contributed by atoms with Crippen molar-refractivity contribution in [1.82, 2.24) is 10.2 Å². The zero-order valence-corrected chi connectivity index (χ0v) is 26.1. The molecule has 3 amide bonds. The lowest BCUT2D eigenvalue weighted by Crippen LogP contribution is -2.47. The van der Waals surface area contributed by atoms with Crippen molar-refractivity contribution >= 4 is 34.4 Å². The quantitative estimate of drug-likeness (QED) is 0.204. The number of hydrogen-bond donors (Lipinski definition) is 2. The molecule has 0 aromatic heterocycles. The number of nitrogens with one attached hydrogen (secondary N) is 2. The summed E-state index contributed by atoms with van der Waals surface area (Å²) in [6.07, 6.45) is 5.60. The van der Waals surface area contributed by atoms with Gasteiger partial charge in [0.05, 0.1) is 0 Å². The Hall–Kier alpha value is -3.87. The van der Waals surface area contributed by atoms with Gasteiger partial charge in [-0.2, -0.15) is 0 Å². The lowest BCUT2D eigenvalue weighted by molar-refractivity contribution is -0.138. The fourth-order valence-corrected chi connectivity index (χ4v) is 5.02. The molecule has 0 aliphatic rings. The Kier molecular flexibility index (Phi) is 12.0. The smallest absolute Gasteiger partial charge is 0.408 e. The molecule has 226 valence electrons. The van der Waals surface area contributed by atoms with E-state index in [-0.39, 0.29) is 18.4 Å². The first-order valence-electron chi connectivity index (χ1n) is 15.1. The number of nitrogens with zero attached hydrogens (tertiary/aromatic N) is 1. The molecule has 0 fully saturated rings. The number of fused-ring (bicyclic) bond motifs is 1. The highest BCUT2D eigenvalue weighted by Crippen LogP contribution is 2.29. The van der Waals surface area contributed by atoms with E-state index in [1.54, 1.807) is 25.7 Å². The van der Waals surface area contributed by atoms with Gasteiger partial charge in [-0.25, -0.2) is 4.79 Å². The first-order valence-corrected chi connectivity index (χ1v) is 15.1. The van der Waals surface area contributed by atoms with E-state index in [1.807, 2.05) is 74.5 Å². The molecule has 0 spiro atoms. The number of amides is 3. The molecule has 42 heavy (non-hydrogen) atoms. The summed E-state index contributed by atoms with van der Waals surface area (Å²) >= 11 is 0. The predicted octanol–water partition coefficient (Wildman–Crippen LogP) is 7.85. The standard InChI is InChI=1S/C35H47N3O4/c1-7-8-9-10-11-14-22-38(31(39)24-36-34(41)42-35(4,5)6)32(30-19-15-16-25(2)26(30)3)33(40)37-29-21-20-27-17-12-13-18-28(27)23-29/h12-13,15-21,23,32H,7-11,14,22,24H2,1-6H3,(H,36,41)(H,37,40). The first kappa shape index (κ1) is 32.6. The Balaban J connectivity index is 1.93. The van der Waals surface area contributed by atoms with Gasteiger partial charge in [-0.05, 0) is 80.6 Å². The second kappa shape index (κ2) is 15.4. The molecule has 2 N–H and O–H groups in total. The summed E-state index contributed by atoms with van der Waals surface area (Å²) in [7, 11) is 0. The Labute approximate surface area is 251 Å². The summed E-state index contributed by atoms with van der Waals surface area (Å²) in [6.45, 7) is 11.6. The first-order chi connectivity index (χ1) is 20.0. The van der Waals surface area contributed by atoms with Crippen molar-refractivity contribution in [3.05, 3.63) is 77.4 Å². The molecule has 0 saturated heterocycles. The van der Waals surface area contributed by atoms with E-state index in [1.165, 1.54) is 6.42 Å². The number of unbranched alkanes of at least 4 members (excludes halogenated alkanes) is 5. The second-order valence-electron chi connectivity index (χ2n) is 12.0. The fraction of sp³-hybridized carbons (Fsp3) is 0.457. The highest BCUT2D eigenvalue weighted by Gasteiger charge is 2.33. The Morgan fingerprint density at radius 3 is 2.26 bits per heavy atom. The summed E-state index contributed by atoms with van der Waals surface area (Å²) in [4.78, 5) is 41.9. The number of anilines is 1. The molecule has 1 atom stereocenters. The normalized spacial score (nSPS) is 12.0. The van der Waals surface area contributed by atoms with Crippen molar-refractivity contribution in [2.45, 2.75) is 91.7 Å². The molecule has 3 aromatic rings. The highest BCUT2D eigenvalue weighted by molar-refractivity contribution is 6.00. The number of ether oxygens (including phenoxy) is 1. The second-order valence-corrected chi connectivity index (χ2v) is 12.0. The zero-order valence-electron chi connectivity index (χ0n) is 26.1. The number of carbonyl (C=O) groups is 3. The van der Waals surface area contributed by atoms with Crippen LogP contribution in [0.5, 0.6) is 0 Å². The topological polar surface area (TPSA) is 87.7 Å². The van der Waals surface area contributed by atoms with E-state index < -0.39 is 17.7 Å². The number of rotatable bonds is 13. The molecule has 0 saturated carbocycles. The lowest BCUT2D eigenvalue weighted by Gasteiger charge is -2.33. The van der Waals surface area contributed by atoms with Crippen molar-refractivity contribution in [2.24, 2.45) is 0 Å². The molecular weight excluding hydrogens is 526 g/mol. The fourth-order valence-electron chi connectivity index (χ4n) is 5.02. The molecule has 7 nitrogen and oxygen atoms in total. The van der Waals surface area contributed by atoms with Crippen LogP contribution in [0.3, 0.4) is 0 Å². The largest absolute Gasteiger partial charge is 0.444 e. The van der Waals surface area contributed by atoms with Gasteiger partial charge >= 0.3 is 6.09 Å². The number of aryl methyl sites for hydroxylation is 1. The third-order valence-corrected chi connectivity index (χ3v) is 7.37. The maximum absolute atomic E-state index is 14.1. The van der Waals surface area contributed by atoms with Gasteiger partial charge in [0.15, 0.2) is 0 Å². The number of benzene rings is 3. The summed E-state index contributed by atoms with van der Waals surface area (Å²) in [5, 5.41) is 7.77. The molecule has 3 aromatic carbocycles. The maximum atomic E-state index is 14.1. The van der Waals surface area contributed by atoms with Crippen molar-refractivity contribution in [3.63, 3.8) is 0 Å². The number of alkyl carbamates (subject to hydrolysis) is 1. The van der Waals surface area contributed by atoms with Gasteiger partial charge in [-0.1, -0.05) is 87.6 Å². The van der Waals surface area contributed by atoms with E-state index in [9.17, 15) is 14.4 Å². The van der Waals surface area contributed by atoms with Crippen LogP contribution < -0.4 is 10.6 Å². The van der Waals surface area contributed by atoms with Crippen LogP contribution in [-0.4, -0.2) is 41.5 Å². The Morgan fingerprint density at radius 1 is 0.857 bits per heavy atom. The number of hydrogen-bond acceptors (Lipinski definition) is 4. The summed E-state index contributed by atoms with van der Waals surface area (Å²) in [6, 6.07) is 18.7. The maximum Gasteiger partial charge on any atom is 0.408 e. The van der Waals surface area contributed by atoms with Gasteiger partial charge in [0, 0.05) is 12.2 Å². The summed E-state index contributed by atoms with van der Waals surface area (Å²) in [5.41, 5.74) is 2.73. The average Bonchev–Trinajstić information content (AvgIpc) is 2.94. The van der Waals surface area contributed by atoms with Gasteiger partial charge in [-0.15, -0.1) is 0 Å². The van der Waals surface area contributed by atoms with Crippen molar-refractivity contribution in [1.29, 1.82) is 0 Å². The van der Waals surface area contributed by atoms with Crippen LogP contribution >= 0.6 is 0 Å². The lowest BCUT2D eigenvalue weighted by atomic mass is 9.95. The van der Waals surface area contributed by atoms with Crippen LogP contribution in [0.1, 0.15) is 89.0 Å². The predicted molar refractivity (Wildman–Crippen MR) is 171 cm³/mol. The van der Waals surface area contributed by atoms with Crippen LogP contribution in [0.4, 0.5) is 10.5 Å². The highest BCUT2D eigenvalue weighted by atomic mass is 16.6. The van der Waals surface area contributed by atoms with E-state index in [0.29, 0.717) is 12.2 Å². The molecule has 3 rings (SSSR count). The Morgan fingerprint density at radius 2 is 1.55 bits per heavy atom. The zero-order chi connectivity index (χ0) is 30.7. The molecule has 7 heteroatoms. The SMILES string of the molecule is CCCCCCCCN(C(=O)CNC(=O)OC(C)(C)C)C(C(=O)Nc1ccc2ccccc2c1)c1cccc(C)c1C. The Bertz CT molecular complexity index is 1360. The van der Waals surface area contributed by atoms with Crippen LogP contribution in [0, 0.1) is 13.8 Å². The molecular formula is C35H47N3O4. The van der Waals surface area contributed by atoms with Crippen LogP contribution in [0.25, 0.3) is 10.8 Å². The molecule has 0 aliphatic carbocycles.